The molecule has 0 heterocycles. The molecular formula is C12H21NO4. The topological polar surface area (TPSA) is 86.6 Å². The lowest BCUT2D eigenvalue weighted by molar-refractivity contribution is -0.143. The zero-order valence-corrected chi connectivity index (χ0v) is 10.4. The van der Waals surface area contributed by atoms with Crippen molar-refractivity contribution in [2.75, 3.05) is 6.61 Å². The number of rotatable bonds is 5. The van der Waals surface area contributed by atoms with Crippen molar-refractivity contribution in [3.8, 4) is 0 Å². The monoisotopic (exact) mass is 243 g/mol. The molecule has 5 nitrogen and oxygen atoms in total. The van der Waals surface area contributed by atoms with Gasteiger partial charge in [-0.25, -0.2) is 4.79 Å². The second-order valence-electron chi connectivity index (χ2n) is 5.35. The standard InChI is InChI=1S/C12H21NO4/c1-12(2)6-3-4-8(12)10(15)13-9(5-7-14)11(16)17/h8-9,14H,3-7H2,1-2H3,(H,13,15)(H,16,17)/t8?,9-/m0/s1. The Balaban J connectivity index is 2.61. The molecule has 0 bridgehead atoms. The fourth-order valence-corrected chi connectivity index (χ4v) is 2.47. The van der Waals surface area contributed by atoms with Crippen molar-refractivity contribution in [3.63, 3.8) is 0 Å². The molecule has 5 heteroatoms. The molecule has 0 radical (unpaired) electrons. The number of amides is 1. The molecule has 0 spiro atoms. The van der Waals surface area contributed by atoms with Crippen LogP contribution in [0.4, 0.5) is 0 Å². The molecule has 2 atom stereocenters. The first-order valence-corrected chi connectivity index (χ1v) is 6.02. The summed E-state index contributed by atoms with van der Waals surface area (Å²) in [4.78, 5) is 22.9. The van der Waals surface area contributed by atoms with Crippen LogP contribution in [0.25, 0.3) is 0 Å². The summed E-state index contributed by atoms with van der Waals surface area (Å²) in [5, 5.41) is 20.2. The number of aliphatic hydroxyl groups excluding tert-OH is 1. The van der Waals surface area contributed by atoms with Gasteiger partial charge in [-0.05, 0) is 18.3 Å². The minimum atomic E-state index is -1.09. The molecule has 3 N–H and O–H groups in total. The van der Waals surface area contributed by atoms with Crippen molar-refractivity contribution in [3.05, 3.63) is 0 Å². The van der Waals surface area contributed by atoms with Crippen LogP contribution in [0, 0.1) is 11.3 Å². The molecule has 0 aromatic heterocycles. The Morgan fingerprint density at radius 2 is 2.12 bits per heavy atom. The number of carbonyl (C=O) groups excluding carboxylic acids is 1. The summed E-state index contributed by atoms with van der Waals surface area (Å²) in [6.07, 6.45) is 2.85. The van der Waals surface area contributed by atoms with Gasteiger partial charge in [-0.3, -0.25) is 4.79 Å². The molecule has 98 valence electrons. The first-order valence-electron chi connectivity index (χ1n) is 6.02. The number of aliphatic carboxylic acids is 1. The van der Waals surface area contributed by atoms with Crippen LogP contribution in [0.5, 0.6) is 0 Å². The van der Waals surface area contributed by atoms with Crippen LogP contribution in [-0.2, 0) is 9.59 Å². The molecule has 0 aromatic rings. The van der Waals surface area contributed by atoms with E-state index in [2.05, 4.69) is 5.32 Å². The molecule has 1 amide bonds. The summed E-state index contributed by atoms with van der Waals surface area (Å²) in [5.74, 6) is -1.42. The van der Waals surface area contributed by atoms with Crippen LogP contribution >= 0.6 is 0 Å². The van der Waals surface area contributed by atoms with E-state index in [0.717, 1.165) is 19.3 Å². The van der Waals surface area contributed by atoms with Gasteiger partial charge in [-0.2, -0.15) is 0 Å². The zero-order chi connectivity index (χ0) is 13.1. The first-order chi connectivity index (χ1) is 7.88. The molecule has 1 unspecified atom stereocenters. The highest BCUT2D eigenvalue weighted by atomic mass is 16.4. The molecule has 0 aromatic carbocycles. The van der Waals surface area contributed by atoms with Gasteiger partial charge in [-0.15, -0.1) is 0 Å². The Hall–Kier alpha value is -1.10. The predicted molar refractivity (Wildman–Crippen MR) is 62.4 cm³/mol. The number of carboxylic acid groups (broad SMARTS) is 1. The van der Waals surface area contributed by atoms with E-state index in [1.54, 1.807) is 0 Å². The molecule has 1 aliphatic rings. The van der Waals surface area contributed by atoms with Gasteiger partial charge in [0.05, 0.1) is 0 Å². The minimum Gasteiger partial charge on any atom is -0.480 e. The number of nitrogens with one attached hydrogen (secondary N) is 1. The van der Waals surface area contributed by atoms with E-state index < -0.39 is 12.0 Å². The maximum atomic E-state index is 12.0. The van der Waals surface area contributed by atoms with Gasteiger partial charge in [0.2, 0.25) is 5.91 Å². The summed E-state index contributed by atoms with van der Waals surface area (Å²) in [7, 11) is 0. The average Bonchev–Trinajstić information content (AvgIpc) is 2.57. The van der Waals surface area contributed by atoms with Crippen molar-refractivity contribution >= 4 is 11.9 Å². The van der Waals surface area contributed by atoms with E-state index in [9.17, 15) is 9.59 Å². The SMILES string of the molecule is CC1(C)CCCC1C(=O)N[C@@H](CCO)C(=O)O. The molecule has 0 aliphatic heterocycles. The summed E-state index contributed by atoms with van der Waals surface area (Å²) >= 11 is 0. The second kappa shape index (κ2) is 5.49. The van der Waals surface area contributed by atoms with Crippen molar-refractivity contribution in [1.29, 1.82) is 0 Å². The van der Waals surface area contributed by atoms with Gasteiger partial charge in [0.25, 0.3) is 0 Å². The van der Waals surface area contributed by atoms with Crippen molar-refractivity contribution in [2.45, 2.75) is 45.6 Å². The van der Waals surface area contributed by atoms with Gasteiger partial charge in [-0.1, -0.05) is 20.3 Å². The van der Waals surface area contributed by atoms with E-state index in [1.165, 1.54) is 0 Å². The third-order valence-electron chi connectivity index (χ3n) is 3.61. The Labute approximate surface area is 101 Å². The summed E-state index contributed by atoms with van der Waals surface area (Å²) < 4.78 is 0. The molecular weight excluding hydrogens is 222 g/mol. The maximum absolute atomic E-state index is 12.0. The summed E-state index contributed by atoms with van der Waals surface area (Å²) in [6, 6.07) is -0.983. The molecule has 1 rings (SSSR count). The first kappa shape index (κ1) is 14.0. The highest BCUT2D eigenvalue weighted by Gasteiger charge is 2.40. The van der Waals surface area contributed by atoms with Crippen molar-refractivity contribution in [1.82, 2.24) is 5.32 Å². The van der Waals surface area contributed by atoms with Crippen molar-refractivity contribution < 1.29 is 19.8 Å². The quantitative estimate of drug-likeness (QED) is 0.665. The van der Waals surface area contributed by atoms with Crippen LogP contribution in [-0.4, -0.2) is 34.7 Å². The Morgan fingerprint density at radius 3 is 2.53 bits per heavy atom. The fourth-order valence-electron chi connectivity index (χ4n) is 2.47. The van der Waals surface area contributed by atoms with Gasteiger partial charge in [0, 0.05) is 18.9 Å². The molecule has 1 saturated carbocycles. The summed E-state index contributed by atoms with van der Waals surface area (Å²) in [6.45, 7) is 3.82. The highest BCUT2D eigenvalue weighted by molar-refractivity contribution is 5.85. The number of carboxylic acids is 1. The fraction of sp³-hybridized carbons (Fsp3) is 0.833. The largest absolute Gasteiger partial charge is 0.480 e. The number of hydrogen-bond acceptors (Lipinski definition) is 3. The van der Waals surface area contributed by atoms with Crippen LogP contribution in [0.1, 0.15) is 39.5 Å². The lowest BCUT2D eigenvalue weighted by Crippen LogP contribution is -2.46. The highest BCUT2D eigenvalue weighted by Crippen LogP contribution is 2.42. The van der Waals surface area contributed by atoms with Gasteiger partial charge >= 0.3 is 5.97 Å². The molecule has 17 heavy (non-hydrogen) atoms. The summed E-state index contributed by atoms with van der Waals surface area (Å²) in [5.41, 5.74) is -0.0631. The molecule has 1 aliphatic carbocycles. The third kappa shape index (κ3) is 3.43. The van der Waals surface area contributed by atoms with Crippen LogP contribution in [0.15, 0.2) is 0 Å². The maximum Gasteiger partial charge on any atom is 0.326 e. The molecule has 0 saturated heterocycles. The second-order valence-corrected chi connectivity index (χ2v) is 5.35. The number of hydrogen-bond donors (Lipinski definition) is 3. The van der Waals surface area contributed by atoms with Crippen molar-refractivity contribution in [2.24, 2.45) is 11.3 Å². The lowest BCUT2D eigenvalue weighted by atomic mass is 9.81. The molecule has 1 fully saturated rings. The van der Waals surface area contributed by atoms with Gasteiger partial charge in [0.1, 0.15) is 6.04 Å². The van der Waals surface area contributed by atoms with E-state index in [-0.39, 0.29) is 30.3 Å². The predicted octanol–water partition coefficient (Wildman–Crippen LogP) is 0.764. The lowest BCUT2D eigenvalue weighted by Gasteiger charge is -2.27. The average molecular weight is 243 g/mol. The van der Waals surface area contributed by atoms with Gasteiger partial charge in [0.15, 0.2) is 0 Å². The van der Waals surface area contributed by atoms with Crippen LogP contribution in [0.2, 0.25) is 0 Å². The minimum absolute atomic E-state index is 0.0498. The smallest absolute Gasteiger partial charge is 0.326 e. The van der Waals surface area contributed by atoms with E-state index in [0.29, 0.717) is 0 Å². The van der Waals surface area contributed by atoms with Crippen LogP contribution < -0.4 is 5.32 Å². The van der Waals surface area contributed by atoms with Gasteiger partial charge < -0.3 is 15.5 Å². The Bertz CT molecular complexity index is 301. The van der Waals surface area contributed by atoms with Crippen LogP contribution in [0.3, 0.4) is 0 Å². The number of aliphatic hydroxyl groups is 1. The van der Waals surface area contributed by atoms with E-state index in [4.69, 9.17) is 10.2 Å². The van der Waals surface area contributed by atoms with E-state index >= 15 is 0 Å². The number of carbonyl (C=O) groups is 2. The third-order valence-corrected chi connectivity index (χ3v) is 3.61. The Kier molecular flexibility index (Phi) is 4.51. The normalized spacial score (nSPS) is 24.3. The van der Waals surface area contributed by atoms with E-state index in [1.807, 2.05) is 13.8 Å². The zero-order valence-electron chi connectivity index (χ0n) is 10.4. The Morgan fingerprint density at radius 1 is 1.47 bits per heavy atom.